The second-order valence-corrected chi connectivity index (χ2v) is 0. The Bertz CT molecular complexity index is 8.00. The van der Waals surface area contributed by atoms with Gasteiger partial charge in [-0.3, -0.25) is 0 Å². The van der Waals surface area contributed by atoms with Gasteiger partial charge in [0.1, 0.15) is 0 Å². The number of rotatable bonds is 0. The molecule has 0 saturated heterocycles. The topological polar surface area (TPSA) is 40.9 Å². The van der Waals surface area contributed by atoms with Crippen LogP contribution in [-0.2, 0) is 17.1 Å². The summed E-state index contributed by atoms with van der Waals surface area (Å²) in [6, 6.07) is 0. The molecule has 0 atom stereocenters. The summed E-state index contributed by atoms with van der Waals surface area (Å²) >= 11 is 0. The monoisotopic (exact) mass is 111 g/mol. The van der Waals surface area contributed by atoms with E-state index in [0.29, 0.717) is 0 Å². The first-order chi connectivity index (χ1) is 1.00. The van der Waals surface area contributed by atoms with Crippen LogP contribution in [0.5, 0.6) is 0 Å². The molecule has 0 aliphatic rings. The zero-order chi connectivity index (χ0) is 2.00. The van der Waals surface area contributed by atoms with Crippen LogP contribution in [0.2, 0.25) is 0 Å². The Kier molecular flexibility index (Phi) is 155. The molecule has 0 spiro atoms. The third-order valence-corrected chi connectivity index (χ3v) is 0. The van der Waals surface area contributed by atoms with Crippen molar-refractivity contribution in [3.05, 3.63) is 4.91 Å². The minimum absolute atomic E-state index is 0. The molecule has 4 heavy (non-hydrogen) atoms. The van der Waals surface area contributed by atoms with Gasteiger partial charge in [-0.2, -0.15) is 4.91 Å². The SMILES string of the molecule is N=O.[Fe].[NaH]. The van der Waals surface area contributed by atoms with Gasteiger partial charge in [-0.05, 0) is 0 Å². The Morgan fingerprint density at radius 1 is 1.25 bits per heavy atom. The summed E-state index contributed by atoms with van der Waals surface area (Å²) in [5.74, 6) is 0. The summed E-state index contributed by atoms with van der Waals surface area (Å²) in [6.45, 7) is 0. The van der Waals surface area contributed by atoms with E-state index in [-0.39, 0.29) is 46.6 Å². The van der Waals surface area contributed by atoms with E-state index in [1.807, 2.05) is 0 Å². The maximum atomic E-state index is 7.50. The van der Waals surface area contributed by atoms with Gasteiger partial charge >= 0.3 is 29.6 Å². The van der Waals surface area contributed by atoms with Gasteiger partial charge in [-0.1, -0.05) is 5.59 Å². The average Bonchev–Trinajstić information content (AvgIpc) is 1.00. The van der Waals surface area contributed by atoms with Crippen LogP contribution >= 0.6 is 0 Å². The molecular formula is H2FeNNaO. The first-order valence-corrected chi connectivity index (χ1v) is 0.204. The standard InChI is InChI=1S/Fe.HNO.Na.H/c;1-2;;/h;1H;;. The molecule has 0 radical (unpaired) electrons. The molecule has 0 bridgehead atoms. The molecule has 0 saturated carbocycles. The van der Waals surface area contributed by atoms with Crippen molar-refractivity contribution in [2.24, 2.45) is 0 Å². The van der Waals surface area contributed by atoms with Crippen LogP contribution in [0.25, 0.3) is 0 Å². The minimum atomic E-state index is 0. The van der Waals surface area contributed by atoms with Gasteiger partial charge in [-0.15, -0.1) is 0 Å². The van der Waals surface area contributed by atoms with Crippen molar-refractivity contribution < 1.29 is 17.1 Å². The van der Waals surface area contributed by atoms with E-state index < -0.39 is 0 Å². The predicted octanol–water partition coefficient (Wildman–Crippen LogP) is -0.319. The van der Waals surface area contributed by atoms with Crippen molar-refractivity contribution in [1.29, 1.82) is 5.59 Å². The fourth-order valence-corrected chi connectivity index (χ4v) is 0. The molecule has 0 fully saturated rings. The predicted molar refractivity (Wildman–Crippen MR) is 13.2 cm³/mol. The van der Waals surface area contributed by atoms with E-state index in [1.54, 1.807) is 0 Å². The number of nitrogens with one attached hydrogen (secondary N) is 1. The molecule has 0 aromatic carbocycles. The molecule has 0 aromatic heterocycles. The van der Waals surface area contributed by atoms with Gasteiger partial charge < -0.3 is 0 Å². The summed E-state index contributed by atoms with van der Waals surface area (Å²) in [4.78, 5) is 7.50. The first-order valence-electron chi connectivity index (χ1n) is 0.204. The van der Waals surface area contributed by atoms with Gasteiger partial charge in [-0.25, -0.2) is 0 Å². The summed E-state index contributed by atoms with van der Waals surface area (Å²) < 4.78 is 0. The van der Waals surface area contributed by atoms with Crippen molar-refractivity contribution in [2.75, 3.05) is 0 Å². The fourth-order valence-electron chi connectivity index (χ4n) is 0. The third kappa shape index (κ3) is 11.2. The second-order valence-electron chi connectivity index (χ2n) is 0. The van der Waals surface area contributed by atoms with Gasteiger partial charge in [0, 0.05) is 17.1 Å². The Hall–Kier alpha value is 1.12. The molecule has 4 heteroatoms. The van der Waals surface area contributed by atoms with E-state index in [0.717, 1.165) is 0 Å². The third-order valence-electron chi connectivity index (χ3n) is 0. The maximum absolute atomic E-state index is 7.50. The van der Waals surface area contributed by atoms with Crippen LogP contribution in [0.1, 0.15) is 0 Å². The van der Waals surface area contributed by atoms with Crippen LogP contribution < -0.4 is 0 Å². The van der Waals surface area contributed by atoms with E-state index in [2.05, 4.69) is 5.59 Å². The van der Waals surface area contributed by atoms with Crippen LogP contribution in [0, 0.1) is 10.5 Å². The zero-order valence-corrected chi connectivity index (χ0v) is 2.37. The summed E-state index contributed by atoms with van der Waals surface area (Å²) in [5.41, 5.74) is 4.50. The average molecular weight is 111 g/mol. The second kappa shape index (κ2) is 32.0. The van der Waals surface area contributed by atoms with Crippen LogP contribution in [0.15, 0.2) is 0 Å². The van der Waals surface area contributed by atoms with Crippen LogP contribution in [0.3, 0.4) is 0 Å². The van der Waals surface area contributed by atoms with E-state index >= 15 is 0 Å². The van der Waals surface area contributed by atoms with Crippen molar-refractivity contribution >= 4 is 29.6 Å². The van der Waals surface area contributed by atoms with Gasteiger partial charge in [0.2, 0.25) is 0 Å². The quantitative estimate of drug-likeness (QED) is 0.337. The van der Waals surface area contributed by atoms with Crippen molar-refractivity contribution in [3.63, 3.8) is 0 Å². The Morgan fingerprint density at radius 2 is 1.25 bits per heavy atom. The van der Waals surface area contributed by atoms with Crippen LogP contribution in [-0.4, -0.2) is 29.6 Å². The number of hydrogen-bond donors (Lipinski definition) is 1. The molecule has 2 nitrogen and oxygen atoms in total. The van der Waals surface area contributed by atoms with Crippen molar-refractivity contribution in [2.45, 2.75) is 0 Å². The first kappa shape index (κ1) is 19.3. The Morgan fingerprint density at radius 3 is 1.25 bits per heavy atom. The molecule has 22 valence electrons. The zero-order valence-electron chi connectivity index (χ0n) is 1.26. The molecule has 0 amide bonds. The van der Waals surface area contributed by atoms with Crippen LogP contribution in [0.4, 0.5) is 0 Å². The Balaban J connectivity index is -0.00000000500. The normalized spacial score (nSPS) is 1.00. The molecule has 0 aliphatic heterocycles. The molecule has 0 aliphatic carbocycles. The van der Waals surface area contributed by atoms with Gasteiger partial charge in [0.15, 0.2) is 0 Å². The molecule has 0 rings (SSSR count). The van der Waals surface area contributed by atoms with Gasteiger partial charge in [0.05, 0.1) is 0 Å². The fraction of sp³-hybridized carbons (Fsp3) is 0. The van der Waals surface area contributed by atoms with E-state index in [1.165, 1.54) is 0 Å². The molecule has 0 unspecified atom stereocenters. The van der Waals surface area contributed by atoms with Crippen molar-refractivity contribution in [1.82, 2.24) is 0 Å². The van der Waals surface area contributed by atoms with Gasteiger partial charge in [0.25, 0.3) is 0 Å². The molecule has 0 aromatic rings. The van der Waals surface area contributed by atoms with Crippen molar-refractivity contribution in [3.8, 4) is 0 Å². The molecular weight excluding hydrogens is 109 g/mol. The summed E-state index contributed by atoms with van der Waals surface area (Å²) in [5, 5.41) is 0. The summed E-state index contributed by atoms with van der Waals surface area (Å²) in [7, 11) is 0. The summed E-state index contributed by atoms with van der Waals surface area (Å²) in [6.07, 6.45) is 0. The van der Waals surface area contributed by atoms with E-state index in [9.17, 15) is 0 Å². The van der Waals surface area contributed by atoms with E-state index in [4.69, 9.17) is 4.91 Å². The number of hydrogen-bond acceptors (Lipinski definition) is 2. The Labute approximate surface area is 56.9 Å². The molecule has 1 N–H and O–H groups in total. The molecule has 0 heterocycles. The number of nitroso groups, excluding NO2 is 1.